The van der Waals surface area contributed by atoms with Crippen molar-refractivity contribution in [3.8, 4) is 22.8 Å². The first-order valence-corrected chi connectivity index (χ1v) is 10.8. The molecule has 2 heterocycles. The normalized spacial score (nSPS) is 11.2. The molecule has 0 aliphatic carbocycles. The second kappa shape index (κ2) is 8.75. The fourth-order valence-electron chi connectivity index (χ4n) is 2.76. The molecule has 29 heavy (non-hydrogen) atoms. The van der Waals surface area contributed by atoms with Gasteiger partial charge in [-0.25, -0.2) is 0 Å². The van der Waals surface area contributed by atoms with Gasteiger partial charge in [0.25, 0.3) is 5.89 Å². The van der Waals surface area contributed by atoms with Crippen LogP contribution in [0.15, 0.2) is 52.1 Å². The van der Waals surface area contributed by atoms with Crippen LogP contribution in [0.3, 0.4) is 0 Å². The minimum atomic E-state index is 0.425. The molecule has 0 amide bonds. The molecule has 0 spiro atoms. The van der Waals surface area contributed by atoms with E-state index in [9.17, 15) is 0 Å². The Labute approximate surface area is 186 Å². The van der Waals surface area contributed by atoms with Crippen molar-refractivity contribution >= 4 is 46.6 Å². The zero-order valence-electron chi connectivity index (χ0n) is 15.1. The number of halogens is 3. The fourth-order valence-corrected chi connectivity index (χ4v) is 4.32. The number of aromatic nitrogens is 5. The fraction of sp³-hybridized carbons (Fsp3) is 0.158. The van der Waals surface area contributed by atoms with Crippen LogP contribution in [0.2, 0.25) is 15.1 Å². The number of thioether (sulfide) groups is 1. The summed E-state index contributed by atoms with van der Waals surface area (Å²) in [4.78, 5) is 4.43. The topological polar surface area (TPSA) is 69.6 Å². The lowest BCUT2D eigenvalue weighted by Crippen LogP contribution is -2.00. The highest BCUT2D eigenvalue weighted by Crippen LogP contribution is 2.30. The first kappa shape index (κ1) is 20.2. The molecule has 148 valence electrons. The third kappa shape index (κ3) is 4.59. The molecule has 2 aromatic heterocycles. The standard InChI is InChI=1S/C19H14Cl3N5OS/c1-2-27-17(12-7-14(21)9-15(22)8-12)24-25-19(27)29-10-16-23-18(28-26-16)11-4-3-5-13(20)6-11/h3-9H,2,10H2,1H3. The van der Waals surface area contributed by atoms with E-state index >= 15 is 0 Å². The van der Waals surface area contributed by atoms with Crippen LogP contribution < -0.4 is 0 Å². The van der Waals surface area contributed by atoms with Crippen LogP contribution >= 0.6 is 46.6 Å². The SMILES string of the molecule is CCn1c(SCc2noc(-c3cccc(Cl)c3)n2)nnc1-c1cc(Cl)cc(Cl)c1. The van der Waals surface area contributed by atoms with E-state index in [-0.39, 0.29) is 0 Å². The molecule has 2 aromatic carbocycles. The van der Waals surface area contributed by atoms with Crippen molar-refractivity contribution in [1.29, 1.82) is 0 Å². The van der Waals surface area contributed by atoms with Crippen LogP contribution in [0, 0.1) is 0 Å². The zero-order valence-corrected chi connectivity index (χ0v) is 18.2. The van der Waals surface area contributed by atoms with E-state index in [1.54, 1.807) is 18.2 Å². The summed E-state index contributed by atoms with van der Waals surface area (Å²) in [5.74, 6) is 2.17. The average molecular weight is 467 g/mol. The third-order valence-electron chi connectivity index (χ3n) is 4.02. The van der Waals surface area contributed by atoms with Gasteiger partial charge in [0.15, 0.2) is 16.8 Å². The number of nitrogens with zero attached hydrogens (tertiary/aromatic N) is 5. The van der Waals surface area contributed by atoms with Gasteiger partial charge in [-0.2, -0.15) is 4.98 Å². The second-order valence-electron chi connectivity index (χ2n) is 6.02. The number of hydrogen-bond donors (Lipinski definition) is 0. The van der Waals surface area contributed by atoms with Gasteiger partial charge < -0.3 is 9.09 Å². The molecule has 0 aliphatic rings. The minimum absolute atomic E-state index is 0.425. The highest BCUT2D eigenvalue weighted by Gasteiger charge is 2.16. The lowest BCUT2D eigenvalue weighted by Gasteiger charge is -2.07. The van der Waals surface area contributed by atoms with Crippen LogP contribution in [-0.2, 0) is 12.3 Å². The molecule has 0 bridgehead atoms. The highest BCUT2D eigenvalue weighted by molar-refractivity contribution is 7.98. The largest absolute Gasteiger partial charge is 0.334 e. The van der Waals surface area contributed by atoms with Crippen LogP contribution in [-0.4, -0.2) is 24.9 Å². The van der Waals surface area contributed by atoms with E-state index in [1.807, 2.05) is 35.8 Å². The number of hydrogen-bond acceptors (Lipinski definition) is 6. The highest BCUT2D eigenvalue weighted by atomic mass is 35.5. The molecule has 0 N–H and O–H groups in total. The first-order valence-electron chi connectivity index (χ1n) is 8.64. The van der Waals surface area contributed by atoms with Crippen LogP contribution in [0.1, 0.15) is 12.7 Å². The van der Waals surface area contributed by atoms with Crippen molar-refractivity contribution in [1.82, 2.24) is 24.9 Å². The molecule has 0 aliphatic heterocycles. The van der Waals surface area contributed by atoms with E-state index in [0.29, 0.717) is 44.9 Å². The van der Waals surface area contributed by atoms with E-state index in [2.05, 4.69) is 20.3 Å². The maximum atomic E-state index is 6.12. The van der Waals surface area contributed by atoms with Gasteiger partial charge in [0.05, 0.1) is 5.75 Å². The molecule has 6 nitrogen and oxygen atoms in total. The Morgan fingerprint density at radius 1 is 0.966 bits per heavy atom. The number of benzene rings is 2. The Morgan fingerprint density at radius 3 is 2.45 bits per heavy atom. The van der Waals surface area contributed by atoms with Crippen molar-refractivity contribution in [2.24, 2.45) is 0 Å². The zero-order chi connectivity index (χ0) is 20.4. The Kier molecular flexibility index (Phi) is 6.10. The summed E-state index contributed by atoms with van der Waals surface area (Å²) in [6, 6.07) is 12.6. The first-order chi connectivity index (χ1) is 14.0. The summed E-state index contributed by atoms with van der Waals surface area (Å²) in [6.45, 7) is 2.71. The maximum Gasteiger partial charge on any atom is 0.258 e. The molecule has 10 heteroatoms. The molecular weight excluding hydrogens is 453 g/mol. The Hall–Kier alpha value is -2.06. The lowest BCUT2D eigenvalue weighted by molar-refractivity contribution is 0.425. The third-order valence-corrected chi connectivity index (χ3v) is 5.66. The minimum Gasteiger partial charge on any atom is -0.334 e. The van der Waals surface area contributed by atoms with Crippen molar-refractivity contribution in [2.45, 2.75) is 24.4 Å². The quantitative estimate of drug-likeness (QED) is 0.312. The van der Waals surface area contributed by atoms with Crippen LogP contribution in [0.4, 0.5) is 0 Å². The molecule has 0 atom stereocenters. The summed E-state index contributed by atoms with van der Waals surface area (Å²) in [5.41, 5.74) is 1.59. The van der Waals surface area contributed by atoms with Crippen molar-refractivity contribution < 1.29 is 4.52 Å². The Balaban J connectivity index is 1.53. The average Bonchev–Trinajstić information content (AvgIpc) is 3.32. The lowest BCUT2D eigenvalue weighted by atomic mass is 10.2. The van der Waals surface area contributed by atoms with Crippen LogP contribution in [0.5, 0.6) is 0 Å². The molecule has 0 saturated carbocycles. The maximum absolute atomic E-state index is 6.12. The van der Waals surface area contributed by atoms with Crippen molar-refractivity contribution in [2.75, 3.05) is 0 Å². The van der Waals surface area contributed by atoms with Crippen molar-refractivity contribution in [3.63, 3.8) is 0 Å². The second-order valence-corrected chi connectivity index (χ2v) is 8.28. The summed E-state index contributed by atoms with van der Waals surface area (Å²) in [7, 11) is 0. The molecule has 4 rings (SSSR count). The molecule has 0 saturated heterocycles. The summed E-state index contributed by atoms with van der Waals surface area (Å²) in [5, 5.41) is 15.1. The molecule has 0 unspecified atom stereocenters. The van der Waals surface area contributed by atoms with E-state index in [0.717, 1.165) is 16.3 Å². The predicted molar refractivity (Wildman–Crippen MR) is 115 cm³/mol. The molecule has 0 fully saturated rings. The van der Waals surface area contributed by atoms with Gasteiger partial charge in [-0.15, -0.1) is 10.2 Å². The van der Waals surface area contributed by atoms with Gasteiger partial charge in [0, 0.05) is 32.7 Å². The molecule has 4 aromatic rings. The van der Waals surface area contributed by atoms with E-state index < -0.39 is 0 Å². The number of rotatable bonds is 6. The summed E-state index contributed by atoms with van der Waals surface area (Å²) in [6.07, 6.45) is 0. The van der Waals surface area contributed by atoms with Crippen LogP contribution in [0.25, 0.3) is 22.8 Å². The van der Waals surface area contributed by atoms with Gasteiger partial charge in [0.1, 0.15) is 0 Å². The predicted octanol–water partition coefficient (Wildman–Crippen LogP) is 6.27. The molecule has 0 radical (unpaired) electrons. The Bertz CT molecular complexity index is 1140. The summed E-state index contributed by atoms with van der Waals surface area (Å²) < 4.78 is 7.34. The van der Waals surface area contributed by atoms with E-state index in [4.69, 9.17) is 39.3 Å². The van der Waals surface area contributed by atoms with Gasteiger partial charge >= 0.3 is 0 Å². The monoisotopic (exact) mass is 465 g/mol. The summed E-state index contributed by atoms with van der Waals surface area (Å²) >= 11 is 19.7. The van der Waals surface area contributed by atoms with Gasteiger partial charge in [0.2, 0.25) is 0 Å². The Morgan fingerprint density at radius 2 is 1.72 bits per heavy atom. The molecular formula is C19H14Cl3N5OS. The van der Waals surface area contributed by atoms with E-state index in [1.165, 1.54) is 11.8 Å². The van der Waals surface area contributed by atoms with Gasteiger partial charge in [-0.05, 0) is 43.3 Å². The van der Waals surface area contributed by atoms with Gasteiger partial charge in [-0.3, -0.25) is 0 Å². The smallest absolute Gasteiger partial charge is 0.258 e. The van der Waals surface area contributed by atoms with Gasteiger partial charge in [-0.1, -0.05) is 57.8 Å². The van der Waals surface area contributed by atoms with Crippen molar-refractivity contribution in [3.05, 3.63) is 63.4 Å².